The molecule has 7 atom stereocenters. The first-order valence-corrected chi connectivity index (χ1v) is 10.2. The first-order chi connectivity index (χ1) is 12.8. The zero-order valence-corrected chi connectivity index (χ0v) is 17.8. The molecule has 1 N–H and O–H groups in total. The molecule has 27 heavy (non-hydrogen) atoms. The molecule has 0 spiro atoms. The zero-order valence-electron chi connectivity index (χ0n) is 17.8. The summed E-state index contributed by atoms with van der Waals surface area (Å²) in [6.07, 6.45) is -1.98. The monoisotopic (exact) mass is 390 g/mol. The van der Waals surface area contributed by atoms with Crippen molar-refractivity contribution in [2.45, 2.75) is 104 Å². The minimum Gasteiger partial charge on any atom is -0.388 e. The lowest BCUT2D eigenvalue weighted by atomic mass is 9.96. The van der Waals surface area contributed by atoms with E-state index < -0.39 is 25.0 Å². The van der Waals surface area contributed by atoms with Crippen LogP contribution in [0.3, 0.4) is 0 Å². The van der Waals surface area contributed by atoms with Gasteiger partial charge in [0.1, 0.15) is 12.2 Å². The smallest absolute Gasteiger partial charge is 0.189 e. The molecule has 0 amide bonds. The van der Waals surface area contributed by atoms with Crippen molar-refractivity contribution < 1.29 is 33.5 Å². The molecule has 0 aliphatic carbocycles. The summed E-state index contributed by atoms with van der Waals surface area (Å²) in [7, 11) is 1.66. The lowest BCUT2D eigenvalue weighted by Crippen LogP contribution is -2.51. The Hall–Kier alpha value is -0.280. The number of methoxy groups -OCH3 is 1. The molecule has 2 saturated heterocycles. The second-order valence-corrected chi connectivity index (χ2v) is 8.16. The summed E-state index contributed by atoms with van der Waals surface area (Å²) >= 11 is 0. The number of hydrogen-bond donors (Lipinski definition) is 1. The van der Waals surface area contributed by atoms with Gasteiger partial charge in [-0.2, -0.15) is 0 Å². The number of aliphatic hydroxyl groups is 1. The zero-order chi connectivity index (χ0) is 20.1. The van der Waals surface area contributed by atoms with E-state index >= 15 is 0 Å². The van der Waals surface area contributed by atoms with Crippen LogP contribution in [0.15, 0.2) is 0 Å². The Bertz CT molecular complexity index is 423. The van der Waals surface area contributed by atoms with Gasteiger partial charge in [0.2, 0.25) is 0 Å². The van der Waals surface area contributed by atoms with Gasteiger partial charge >= 0.3 is 0 Å². The summed E-state index contributed by atoms with van der Waals surface area (Å²) in [6.45, 7) is 13.0. The highest BCUT2D eigenvalue weighted by Crippen LogP contribution is 2.31. The Morgan fingerprint density at radius 3 is 2.26 bits per heavy atom. The third-order valence-electron chi connectivity index (χ3n) is 5.22. The van der Waals surface area contributed by atoms with Gasteiger partial charge in [-0.05, 0) is 25.7 Å². The van der Waals surface area contributed by atoms with Gasteiger partial charge in [-0.15, -0.1) is 0 Å². The van der Waals surface area contributed by atoms with Crippen LogP contribution >= 0.6 is 0 Å². The van der Waals surface area contributed by atoms with Gasteiger partial charge in [-0.3, -0.25) is 0 Å². The number of rotatable bonds is 9. The summed E-state index contributed by atoms with van der Waals surface area (Å²) < 4.78 is 35.1. The van der Waals surface area contributed by atoms with Crippen molar-refractivity contribution in [3.63, 3.8) is 0 Å². The molecule has 0 saturated carbocycles. The second kappa shape index (κ2) is 10.5. The summed E-state index contributed by atoms with van der Waals surface area (Å²) in [5.41, 5.74) is 0. The van der Waals surface area contributed by atoms with Gasteiger partial charge in [-0.25, -0.2) is 0 Å². The molecular weight excluding hydrogens is 352 g/mol. The maximum absolute atomic E-state index is 10.4. The predicted molar refractivity (Wildman–Crippen MR) is 100 cm³/mol. The topological polar surface area (TPSA) is 75.6 Å². The van der Waals surface area contributed by atoms with E-state index in [1.54, 1.807) is 7.11 Å². The molecule has 7 heteroatoms. The van der Waals surface area contributed by atoms with Crippen molar-refractivity contribution in [1.29, 1.82) is 0 Å². The first-order valence-electron chi connectivity index (χ1n) is 10.2. The van der Waals surface area contributed by atoms with Crippen LogP contribution in [-0.2, 0) is 28.4 Å². The fourth-order valence-corrected chi connectivity index (χ4v) is 4.03. The fraction of sp³-hybridized carbons (Fsp3) is 1.00. The number of ether oxygens (including phenoxy) is 6. The fourth-order valence-electron chi connectivity index (χ4n) is 4.03. The van der Waals surface area contributed by atoms with Gasteiger partial charge in [-0.1, -0.05) is 27.7 Å². The average molecular weight is 391 g/mol. The van der Waals surface area contributed by atoms with Crippen LogP contribution in [0.25, 0.3) is 0 Å². The molecule has 2 aliphatic heterocycles. The highest BCUT2D eigenvalue weighted by atomic mass is 16.8. The normalized spacial score (nSPS) is 37.7. The summed E-state index contributed by atoms with van der Waals surface area (Å²) in [5, 5.41) is 10.4. The molecule has 0 radical (unpaired) electrons. The Morgan fingerprint density at radius 1 is 1.04 bits per heavy atom. The van der Waals surface area contributed by atoms with Gasteiger partial charge < -0.3 is 33.5 Å². The lowest BCUT2D eigenvalue weighted by Gasteiger charge is -2.40. The standard InChI is InChI=1S/C20H38O7/c1-8-23-15-10-17(24-13(6)19(15)22-7)27-20-14(21)9-16(26-20)25-18(11(2)3)12(4)5/h11-21H,8-10H2,1-7H3. The van der Waals surface area contributed by atoms with Gasteiger partial charge in [0.15, 0.2) is 18.9 Å². The average Bonchev–Trinajstić information content (AvgIpc) is 2.92. The highest BCUT2D eigenvalue weighted by molar-refractivity contribution is 4.84. The molecule has 2 aliphatic rings. The third kappa shape index (κ3) is 6.10. The Balaban J connectivity index is 1.91. The quantitative estimate of drug-likeness (QED) is 0.649. The van der Waals surface area contributed by atoms with E-state index in [1.807, 2.05) is 13.8 Å². The molecular formula is C20H38O7. The molecule has 7 unspecified atom stereocenters. The predicted octanol–water partition coefficient (Wildman–Crippen LogP) is 2.69. The van der Waals surface area contributed by atoms with E-state index in [1.165, 1.54) is 0 Å². The minimum atomic E-state index is -0.770. The van der Waals surface area contributed by atoms with E-state index in [0.29, 0.717) is 31.3 Å². The summed E-state index contributed by atoms with van der Waals surface area (Å²) in [5.74, 6) is 0.734. The second-order valence-electron chi connectivity index (χ2n) is 8.16. The highest BCUT2D eigenvalue weighted by Gasteiger charge is 2.43. The van der Waals surface area contributed by atoms with Gasteiger partial charge in [0.05, 0.1) is 18.3 Å². The van der Waals surface area contributed by atoms with E-state index in [4.69, 9.17) is 28.4 Å². The van der Waals surface area contributed by atoms with E-state index in [0.717, 1.165) is 0 Å². The van der Waals surface area contributed by atoms with Crippen LogP contribution in [-0.4, -0.2) is 68.2 Å². The molecule has 7 nitrogen and oxygen atoms in total. The SMILES string of the molecule is CCOC1CC(OC2OC(OC(C(C)C)C(C)C)CC2O)OC(C)C1OC. The molecule has 160 valence electrons. The molecule has 0 bridgehead atoms. The van der Waals surface area contributed by atoms with E-state index in [2.05, 4.69) is 27.7 Å². The molecule has 0 aromatic heterocycles. The third-order valence-corrected chi connectivity index (χ3v) is 5.22. The Morgan fingerprint density at radius 2 is 1.70 bits per heavy atom. The number of aliphatic hydroxyl groups excluding tert-OH is 1. The van der Waals surface area contributed by atoms with Crippen LogP contribution < -0.4 is 0 Å². The molecule has 0 aromatic rings. The molecule has 2 rings (SSSR count). The largest absolute Gasteiger partial charge is 0.388 e. The van der Waals surface area contributed by atoms with Gasteiger partial charge in [0, 0.05) is 26.6 Å². The van der Waals surface area contributed by atoms with Crippen LogP contribution in [0.2, 0.25) is 0 Å². The van der Waals surface area contributed by atoms with Crippen molar-refractivity contribution in [2.24, 2.45) is 11.8 Å². The molecule has 2 fully saturated rings. The molecule has 0 aromatic carbocycles. The van der Waals surface area contributed by atoms with Crippen molar-refractivity contribution in [2.75, 3.05) is 13.7 Å². The number of hydrogen-bond acceptors (Lipinski definition) is 7. The van der Waals surface area contributed by atoms with Crippen molar-refractivity contribution >= 4 is 0 Å². The minimum absolute atomic E-state index is 0.0664. The van der Waals surface area contributed by atoms with Crippen LogP contribution in [0.4, 0.5) is 0 Å². The summed E-state index contributed by atoms with van der Waals surface area (Å²) in [4.78, 5) is 0. The van der Waals surface area contributed by atoms with Crippen molar-refractivity contribution in [3.05, 3.63) is 0 Å². The van der Waals surface area contributed by atoms with Crippen LogP contribution in [0, 0.1) is 11.8 Å². The van der Waals surface area contributed by atoms with Gasteiger partial charge in [0.25, 0.3) is 0 Å². The van der Waals surface area contributed by atoms with Crippen LogP contribution in [0.5, 0.6) is 0 Å². The van der Waals surface area contributed by atoms with E-state index in [9.17, 15) is 5.11 Å². The maximum atomic E-state index is 10.4. The Kier molecular flexibility index (Phi) is 8.93. The van der Waals surface area contributed by atoms with Crippen molar-refractivity contribution in [3.8, 4) is 0 Å². The first kappa shape index (κ1) is 23.0. The Labute approximate surface area is 163 Å². The maximum Gasteiger partial charge on any atom is 0.189 e. The van der Waals surface area contributed by atoms with Crippen LogP contribution in [0.1, 0.15) is 54.4 Å². The molecule has 2 heterocycles. The van der Waals surface area contributed by atoms with E-state index in [-0.39, 0.29) is 24.4 Å². The van der Waals surface area contributed by atoms with Crippen molar-refractivity contribution in [1.82, 2.24) is 0 Å². The lowest BCUT2D eigenvalue weighted by molar-refractivity contribution is -0.322. The summed E-state index contributed by atoms with van der Waals surface area (Å²) in [6, 6.07) is 0.